The number of carbonyl (C=O) groups excluding carboxylic acids is 1. The van der Waals surface area contributed by atoms with Gasteiger partial charge in [-0.2, -0.15) is 0 Å². The second-order valence-corrected chi connectivity index (χ2v) is 4.68. The molecule has 0 unspecified atom stereocenters. The zero-order chi connectivity index (χ0) is 13.9. The number of ether oxygens (including phenoxy) is 1. The van der Waals surface area contributed by atoms with E-state index in [9.17, 15) is 9.18 Å². The van der Waals surface area contributed by atoms with Gasteiger partial charge in [0.1, 0.15) is 11.6 Å². The van der Waals surface area contributed by atoms with Crippen molar-refractivity contribution in [2.45, 2.75) is 12.8 Å². The third kappa shape index (κ3) is 2.37. The van der Waals surface area contributed by atoms with E-state index < -0.39 is 11.7 Å². The van der Waals surface area contributed by atoms with E-state index in [-0.39, 0.29) is 5.56 Å². The minimum atomic E-state index is -0.532. The molecule has 0 saturated heterocycles. The molecule has 0 radical (unpaired) electrons. The Morgan fingerprint density at radius 3 is 2.85 bits per heavy atom. The summed E-state index contributed by atoms with van der Waals surface area (Å²) >= 11 is 0. The standard InChI is InChI=1S/C16H14FNO2/c17-13-8-2-1-7-12(13)16(19)18-14-9-3-5-11-6-4-10-20-15(11)14/h1-3,5,7-9H,4,6,10H2,(H,18,19). The molecule has 1 aliphatic heterocycles. The number of fused-ring (bicyclic) bond motifs is 1. The summed E-state index contributed by atoms with van der Waals surface area (Å²) in [6, 6.07) is 11.5. The lowest BCUT2D eigenvalue weighted by Crippen LogP contribution is -2.16. The van der Waals surface area contributed by atoms with Gasteiger partial charge >= 0.3 is 0 Å². The molecule has 0 atom stereocenters. The fourth-order valence-corrected chi connectivity index (χ4v) is 2.32. The average molecular weight is 271 g/mol. The maximum atomic E-state index is 13.6. The first-order chi connectivity index (χ1) is 9.75. The SMILES string of the molecule is O=C(Nc1cccc2c1OCCC2)c1ccccc1F. The number of rotatable bonds is 2. The third-order valence-electron chi connectivity index (χ3n) is 3.30. The predicted molar refractivity (Wildman–Crippen MR) is 74.6 cm³/mol. The minimum Gasteiger partial charge on any atom is -0.491 e. The quantitative estimate of drug-likeness (QED) is 0.909. The summed E-state index contributed by atoms with van der Waals surface area (Å²) in [6.07, 6.45) is 1.90. The van der Waals surface area contributed by atoms with Crippen LogP contribution in [0.5, 0.6) is 5.75 Å². The largest absolute Gasteiger partial charge is 0.491 e. The van der Waals surface area contributed by atoms with E-state index in [1.165, 1.54) is 12.1 Å². The van der Waals surface area contributed by atoms with Gasteiger partial charge in [-0.1, -0.05) is 24.3 Å². The maximum Gasteiger partial charge on any atom is 0.258 e. The van der Waals surface area contributed by atoms with Gasteiger partial charge in [0.15, 0.2) is 0 Å². The van der Waals surface area contributed by atoms with Crippen LogP contribution in [0.4, 0.5) is 10.1 Å². The molecular weight excluding hydrogens is 257 g/mol. The molecule has 0 saturated carbocycles. The van der Waals surface area contributed by atoms with Crippen molar-refractivity contribution < 1.29 is 13.9 Å². The minimum absolute atomic E-state index is 0.0286. The Hall–Kier alpha value is -2.36. The number of benzene rings is 2. The number of hydrogen-bond acceptors (Lipinski definition) is 2. The molecule has 2 aromatic rings. The van der Waals surface area contributed by atoms with Gasteiger partial charge in [-0.05, 0) is 36.6 Å². The average Bonchev–Trinajstić information content (AvgIpc) is 2.48. The molecule has 1 heterocycles. The molecule has 0 spiro atoms. The van der Waals surface area contributed by atoms with Crippen molar-refractivity contribution >= 4 is 11.6 Å². The van der Waals surface area contributed by atoms with Gasteiger partial charge in [-0.3, -0.25) is 4.79 Å². The number of para-hydroxylation sites is 1. The van der Waals surface area contributed by atoms with Crippen LogP contribution in [0.2, 0.25) is 0 Å². The molecular formula is C16H14FNO2. The van der Waals surface area contributed by atoms with Gasteiger partial charge in [0, 0.05) is 0 Å². The van der Waals surface area contributed by atoms with Gasteiger partial charge < -0.3 is 10.1 Å². The lowest BCUT2D eigenvalue weighted by Gasteiger charge is -2.20. The molecule has 1 N–H and O–H groups in total. The highest BCUT2D eigenvalue weighted by Gasteiger charge is 2.17. The van der Waals surface area contributed by atoms with Gasteiger partial charge in [-0.25, -0.2) is 4.39 Å². The van der Waals surface area contributed by atoms with Crippen molar-refractivity contribution in [1.29, 1.82) is 0 Å². The summed E-state index contributed by atoms with van der Waals surface area (Å²) in [5.74, 6) is -0.301. The maximum absolute atomic E-state index is 13.6. The topological polar surface area (TPSA) is 38.3 Å². The highest BCUT2D eigenvalue weighted by atomic mass is 19.1. The third-order valence-corrected chi connectivity index (χ3v) is 3.30. The van der Waals surface area contributed by atoms with Crippen molar-refractivity contribution in [1.82, 2.24) is 0 Å². The Morgan fingerprint density at radius 1 is 1.15 bits per heavy atom. The summed E-state index contributed by atoms with van der Waals surface area (Å²) in [5, 5.41) is 2.72. The zero-order valence-electron chi connectivity index (χ0n) is 10.9. The van der Waals surface area contributed by atoms with Crippen molar-refractivity contribution in [3.05, 3.63) is 59.4 Å². The van der Waals surface area contributed by atoms with E-state index in [2.05, 4.69) is 5.32 Å². The molecule has 20 heavy (non-hydrogen) atoms. The Morgan fingerprint density at radius 2 is 2.00 bits per heavy atom. The summed E-state index contributed by atoms with van der Waals surface area (Å²) < 4.78 is 19.2. The van der Waals surface area contributed by atoms with Gasteiger partial charge in [0.25, 0.3) is 5.91 Å². The molecule has 3 nitrogen and oxygen atoms in total. The van der Waals surface area contributed by atoms with Crippen LogP contribution in [-0.2, 0) is 6.42 Å². The molecule has 0 bridgehead atoms. The van der Waals surface area contributed by atoms with E-state index >= 15 is 0 Å². The second-order valence-electron chi connectivity index (χ2n) is 4.68. The lowest BCUT2D eigenvalue weighted by molar-refractivity contribution is 0.102. The van der Waals surface area contributed by atoms with Crippen LogP contribution in [0.3, 0.4) is 0 Å². The molecule has 4 heteroatoms. The van der Waals surface area contributed by atoms with Gasteiger partial charge in [-0.15, -0.1) is 0 Å². The highest BCUT2D eigenvalue weighted by molar-refractivity contribution is 6.05. The number of amides is 1. The van der Waals surface area contributed by atoms with Crippen LogP contribution >= 0.6 is 0 Å². The van der Waals surface area contributed by atoms with Crippen LogP contribution < -0.4 is 10.1 Å². The summed E-state index contributed by atoms with van der Waals surface area (Å²) in [7, 11) is 0. The van der Waals surface area contributed by atoms with Crippen LogP contribution in [-0.4, -0.2) is 12.5 Å². The molecule has 1 amide bonds. The van der Waals surface area contributed by atoms with E-state index in [1.807, 2.05) is 12.1 Å². The Kier molecular flexibility index (Phi) is 3.37. The van der Waals surface area contributed by atoms with Crippen LogP contribution in [0.1, 0.15) is 22.3 Å². The first-order valence-electron chi connectivity index (χ1n) is 6.56. The number of halogens is 1. The van der Waals surface area contributed by atoms with Crippen LogP contribution in [0.25, 0.3) is 0 Å². The molecule has 3 rings (SSSR count). The Labute approximate surface area is 116 Å². The van der Waals surface area contributed by atoms with Crippen molar-refractivity contribution in [2.75, 3.05) is 11.9 Å². The number of nitrogens with one attached hydrogen (secondary N) is 1. The molecule has 0 aliphatic carbocycles. The first-order valence-corrected chi connectivity index (χ1v) is 6.56. The summed E-state index contributed by atoms with van der Waals surface area (Å²) in [4.78, 5) is 12.1. The van der Waals surface area contributed by atoms with Crippen molar-refractivity contribution in [3.63, 3.8) is 0 Å². The highest BCUT2D eigenvalue weighted by Crippen LogP contribution is 2.33. The van der Waals surface area contributed by atoms with Gasteiger partial charge in [0.2, 0.25) is 0 Å². The van der Waals surface area contributed by atoms with E-state index in [0.29, 0.717) is 18.0 Å². The smallest absolute Gasteiger partial charge is 0.258 e. The molecule has 0 fully saturated rings. The first kappa shape index (κ1) is 12.7. The van der Waals surface area contributed by atoms with Crippen molar-refractivity contribution in [3.8, 4) is 5.75 Å². The summed E-state index contributed by atoms with van der Waals surface area (Å²) in [5.41, 5.74) is 1.69. The van der Waals surface area contributed by atoms with Gasteiger partial charge in [0.05, 0.1) is 17.9 Å². The molecule has 2 aromatic carbocycles. The summed E-state index contributed by atoms with van der Waals surface area (Å²) in [6.45, 7) is 0.638. The molecule has 1 aliphatic rings. The normalized spacial score (nSPS) is 13.2. The second kappa shape index (κ2) is 5.33. The fourth-order valence-electron chi connectivity index (χ4n) is 2.32. The zero-order valence-corrected chi connectivity index (χ0v) is 10.9. The lowest BCUT2D eigenvalue weighted by atomic mass is 10.1. The number of carbonyl (C=O) groups is 1. The molecule has 0 aromatic heterocycles. The number of aryl methyl sites for hydroxylation is 1. The fraction of sp³-hybridized carbons (Fsp3) is 0.188. The number of anilines is 1. The van der Waals surface area contributed by atoms with E-state index in [1.54, 1.807) is 18.2 Å². The molecule has 102 valence electrons. The Balaban J connectivity index is 1.89. The van der Waals surface area contributed by atoms with E-state index in [0.717, 1.165) is 18.4 Å². The Bertz CT molecular complexity index is 655. The van der Waals surface area contributed by atoms with Crippen LogP contribution in [0, 0.1) is 5.82 Å². The van der Waals surface area contributed by atoms with Crippen LogP contribution in [0.15, 0.2) is 42.5 Å². The predicted octanol–water partition coefficient (Wildman–Crippen LogP) is 3.40. The van der Waals surface area contributed by atoms with E-state index in [4.69, 9.17) is 4.74 Å². The van der Waals surface area contributed by atoms with Crippen molar-refractivity contribution in [2.24, 2.45) is 0 Å². The monoisotopic (exact) mass is 271 g/mol. The number of hydrogen-bond donors (Lipinski definition) is 1.